The van der Waals surface area contributed by atoms with E-state index in [1.54, 1.807) is 23.9 Å². The minimum atomic E-state index is -0.487. The maximum Gasteiger partial charge on any atom is 0.217 e. The van der Waals surface area contributed by atoms with Crippen LogP contribution in [0.3, 0.4) is 0 Å². The van der Waals surface area contributed by atoms with Gasteiger partial charge in [-0.3, -0.25) is 0 Å². The van der Waals surface area contributed by atoms with Gasteiger partial charge in [-0.15, -0.1) is 0 Å². The van der Waals surface area contributed by atoms with Crippen molar-refractivity contribution in [3.05, 3.63) is 35.8 Å². The Morgan fingerprint density at radius 3 is 2.69 bits per heavy atom. The van der Waals surface area contributed by atoms with Crippen molar-refractivity contribution >= 4 is 5.69 Å². The van der Waals surface area contributed by atoms with Crippen LogP contribution in [0.2, 0.25) is 0 Å². The molecule has 2 rings (SSSR count). The minimum Gasteiger partial charge on any atom is -0.436 e. The Bertz CT molecular complexity index is 522. The van der Waals surface area contributed by atoms with Crippen molar-refractivity contribution in [3.63, 3.8) is 0 Å². The van der Waals surface area contributed by atoms with Gasteiger partial charge >= 0.3 is 0 Å². The lowest BCUT2D eigenvalue weighted by molar-refractivity contribution is 0.404. The SMILES string of the molecule is Cc1cc(Oc2ccc(N)cc2F)n(C)n1. The maximum absolute atomic E-state index is 13.4. The van der Waals surface area contributed by atoms with E-state index in [-0.39, 0.29) is 5.75 Å². The normalized spacial score (nSPS) is 10.4. The maximum atomic E-state index is 13.4. The highest BCUT2D eigenvalue weighted by Crippen LogP contribution is 2.25. The van der Waals surface area contributed by atoms with Gasteiger partial charge in [0.1, 0.15) is 0 Å². The Hall–Kier alpha value is -2.04. The number of benzene rings is 1. The summed E-state index contributed by atoms with van der Waals surface area (Å²) in [6.45, 7) is 1.84. The molecule has 84 valence electrons. The molecule has 0 aliphatic heterocycles. The van der Waals surface area contributed by atoms with E-state index in [2.05, 4.69) is 5.10 Å². The van der Waals surface area contributed by atoms with E-state index >= 15 is 0 Å². The number of anilines is 1. The highest BCUT2D eigenvalue weighted by Gasteiger charge is 2.08. The van der Waals surface area contributed by atoms with Crippen LogP contribution >= 0.6 is 0 Å². The lowest BCUT2D eigenvalue weighted by atomic mass is 10.3. The van der Waals surface area contributed by atoms with Crippen molar-refractivity contribution in [2.24, 2.45) is 7.05 Å². The van der Waals surface area contributed by atoms with Gasteiger partial charge in [0.2, 0.25) is 5.88 Å². The quantitative estimate of drug-likeness (QED) is 0.791. The molecule has 0 atom stereocenters. The van der Waals surface area contributed by atoms with Crippen molar-refractivity contribution in [2.75, 3.05) is 5.73 Å². The number of rotatable bonds is 2. The molecule has 1 aromatic heterocycles. The Morgan fingerprint density at radius 2 is 2.12 bits per heavy atom. The van der Waals surface area contributed by atoms with Crippen molar-refractivity contribution in [1.29, 1.82) is 0 Å². The monoisotopic (exact) mass is 221 g/mol. The first kappa shape index (κ1) is 10.5. The molecule has 0 radical (unpaired) electrons. The number of ether oxygens (including phenoxy) is 1. The number of hydrogen-bond donors (Lipinski definition) is 1. The van der Waals surface area contributed by atoms with E-state index in [0.29, 0.717) is 11.6 Å². The second-order valence-electron chi connectivity index (χ2n) is 3.54. The Balaban J connectivity index is 2.30. The standard InChI is InChI=1S/C11H12FN3O/c1-7-5-11(15(2)14-7)16-10-4-3-8(13)6-9(10)12/h3-6H,13H2,1-2H3. The molecule has 1 aromatic carbocycles. The van der Waals surface area contributed by atoms with Gasteiger partial charge in [0.05, 0.1) is 5.69 Å². The molecular weight excluding hydrogens is 209 g/mol. The van der Waals surface area contributed by atoms with Gasteiger partial charge in [-0.2, -0.15) is 5.10 Å². The van der Waals surface area contributed by atoms with Crippen molar-refractivity contribution in [2.45, 2.75) is 6.92 Å². The van der Waals surface area contributed by atoms with Crippen molar-refractivity contribution in [1.82, 2.24) is 9.78 Å². The fourth-order valence-corrected chi connectivity index (χ4v) is 1.39. The van der Waals surface area contributed by atoms with Crippen LogP contribution in [0, 0.1) is 12.7 Å². The fraction of sp³-hybridized carbons (Fsp3) is 0.182. The number of hydrogen-bond acceptors (Lipinski definition) is 3. The number of nitrogens with zero attached hydrogens (tertiary/aromatic N) is 2. The Kier molecular flexibility index (Phi) is 2.52. The van der Waals surface area contributed by atoms with Crippen molar-refractivity contribution < 1.29 is 9.13 Å². The Labute approximate surface area is 92.4 Å². The summed E-state index contributed by atoms with van der Waals surface area (Å²) in [7, 11) is 1.73. The van der Waals surface area contributed by atoms with E-state index in [1.807, 2.05) is 6.92 Å². The van der Waals surface area contributed by atoms with E-state index in [1.165, 1.54) is 12.1 Å². The molecule has 2 aromatic rings. The summed E-state index contributed by atoms with van der Waals surface area (Å²) in [5, 5.41) is 4.10. The summed E-state index contributed by atoms with van der Waals surface area (Å²) in [5.74, 6) is 0.136. The van der Waals surface area contributed by atoms with E-state index in [9.17, 15) is 4.39 Å². The average Bonchev–Trinajstić information content (AvgIpc) is 2.50. The molecule has 0 aliphatic rings. The van der Waals surface area contributed by atoms with Gasteiger partial charge in [-0.1, -0.05) is 0 Å². The molecule has 0 aliphatic carbocycles. The van der Waals surface area contributed by atoms with Crippen LogP contribution in [0.15, 0.2) is 24.3 Å². The first-order valence-electron chi connectivity index (χ1n) is 4.80. The van der Waals surface area contributed by atoms with Gasteiger partial charge in [-0.05, 0) is 19.1 Å². The molecule has 0 amide bonds. The molecule has 0 unspecified atom stereocenters. The molecule has 4 nitrogen and oxygen atoms in total. The molecule has 16 heavy (non-hydrogen) atoms. The fourth-order valence-electron chi connectivity index (χ4n) is 1.39. The summed E-state index contributed by atoms with van der Waals surface area (Å²) < 4.78 is 20.4. The largest absolute Gasteiger partial charge is 0.436 e. The topological polar surface area (TPSA) is 53.1 Å². The molecule has 0 fully saturated rings. The van der Waals surface area contributed by atoms with Gasteiger partial charge in [0.15, 0.2) is 11.6 Å². The first-order chi connectivity index (χ1) is 7.56. The van der Waals surface area contributed by atoms with Crippen LogP contribution in [0.4, 0.5) is 10.1 Å². The van der Waals surface area contributed by atoms with E-state index in [4.69, 9.17) is 10.5 Å². The summed E-state index contributed by atoms with van der Waals surface area (Å²) in [6.07, 6.45) is 0. The van der Waals surface area contributed by atoms with Crippen molar-refractivity contribution in [3.8, 4) is 11.6 Å². The van der Waals surface area contributed by atoms with Gasteiger partial charge in [-0.25, -0.2) is 9.07 Å². The number of aryl methyl sites for hydroxylation is 2. The average molecular weight is 221 g/mol. The van der Waals surface area contributed by atoms with Gasteiger partial charge < -0.3 is 10.5 Å². The molecule has 0 bridgehead atoms. The Morgan fingerprint density at radius 1 is 1.38 bits per heavy atom. The molecule has 5 heteroatoms. The predicted molar refractivity (Wildman–Crippen MR) is 58.8 cm³/mol. The second-order valence-corrected chi connectivity index (χ2v) is 3.54. The highest BCUT2D eigenvalue weighted by molar-refractivity contribution is 5.43. The lowest BCUT2D eigenvalue weighted by Gasteiger charge is -2.06. The predicted octanol–water partition coefficient (Wildman–Crippen LogP) is 2.24. The van der Waals surface area contributed by atoms with E-state index < -0.39 is 5.82 Å². The molecule has 0 saturated carbocycles. The third kappa shape index (κ3) is 1.98. The van der Waals surface area contributed by atoms with Crippen LogP contribution in [0.25, 0.3) is 0 Å². The number of halogens is 1. The summed E-state index contributed by atoms with van der Waals surface area (Å²) in [6, 6.07) is 6.03. The zero-order chi connectivity index (χ0) is 11.7. The van der Waals surface area contributed by atoms with Crippen LogP contribution in [-0.4, -0.2) is 9.78 Å². The van der Waals surface area contributed by atoms with Crippen LogP contribution < -0.4 is 10.5 Å². The molecular formula is C11H12FN3O. The number of aromatic nitrogens is 2. The van der Waals surface area contributed by atoms with Gasteiger partial charge in [0.25, 0.3) is 0 Å². The second kappa shape index (κ2) is 3.84. The van der Waals surface area contributed by atoms with Crippen LogP contribution in [-0.2, 0) is 7.05 Å². The third-order valence-electron chi connectivity index (χ3n) is 2.13. The third-order valence-corrected chi connectivity index (χ3v) is 2.13. The molecule has 2 N–H and O–H groups in total. The molecule has 0 saturated heterocycles. The minimum absolute atomic E-state index is 0.136. The molecule has 0 spiro atoms. The highest BCUT2D eigenvalue weighted by atomic mass is 19.1. The summed E-state index contributed by atoms with van der Waals surface area (Å²) in [5.41, 5.74) is 6.62. The van der Waals surface area contributed by atoms with E-state index in [0.717, 1.165) is 5.69 Å². The van der Waals surface area contributed by atoms with Crippen LogP contribution in [0.1, 0.15) is 5.69 Å². The summed E-state index contributed by atoms with van der Waals surface area (Å²) >= 11 is 0. The summed E-state index contributed by atoms with van der Waals surface area (Å²) in [4.78, 5) is 0. The smallest absolute Gasteiger partial charge is 0.217 e. The lowest BCUT2D eigenvalue weighted by Crippen LogP contribution is -1.97. The zero-order valence-electron chi connectivity index (χ0n) is 9.07. The van der Waals surface area contributed by atoms with Gasteiger partial charge in [0, 0.05) is 24.9 Å². The molecule has 1 heterocycles. The number of nitrogens with two attached hydrogens (primary N) is 1. The number of nitrogen functional groups attached to an aromatic ring is 1. The first-order valence-corrected chi connectivity index (χ1v) is 4.80. The van der Waals surface area contributed by atoms with Crippen LogP contribution in [0.5, 0.6) is 11.6 Å². The zero-order valence-corrected chi connectivity index (χ0v) is 9.07.